The average Bonchev–Trinajstić information content (AvgIpc) is 2.35. The second-order valence-corrected chi connectivity index (χ2v) is 1.82. The third-order valence-corrected chi connectivity index (χ3v) is 1.24. The minimum atomic E-state index is 0. The fourth-order valence-corrected chi connectivity index (χ4v) is 0.772. The topological polar surface area (TPSA) is 43.9 Å². The van der Waals surface area contributed by atoms with E-state index < -0.39 is 0 Å². The van der Waals surface area contributed by atoms with Crippen LogP contribution < -0.4 is 0 Å². The van der Waals surface area contributed by atoms with Crippen LogP contribution in [0.4, 0.5) is 0 Å². The van der Waals surface area contributed by atoms with E-state index in [4.69, 9.17) is 4.42 Å². The second kappa shape index (κ2) is 2.54. The number of hydrogen-bond acceptors (Lipinski definition) is 3. The Labute approximate surface area is 71.5 Å². The molecular formula is C5H5N3OPt. The van der Waals surface area contributed by atoms with Crippen LogP contribution >= 0.6 is 0 Å². The van der Waals surface area contributed by atoms with Crippen molar-refractivity contribution in [3.8, 4) is 0 Å². The maximum absolute atomic E-state index is 4.94. The summed E-state index contributed by atoms with van der Waals surface area (Å²) in [5, 5.41) is 7.45. The molecule has 0 amide bonds. The molecule has 0 radical (unpaired) electrons. The zero-order chi connectivity index (χ0) is 6.27. The van der Waals surface area contributed by atoms with Crippen LogP contribution in [0.3, 0.4) is 0 Å². The normalized spacial score (nSPS) is 9.70. The molecule has 0 bridgehead atoms. The van der Waals surface area contributed by atoms with Crippen molar-refractivity contribution >= 4 is 11.2 Å². The molecule has 0 aliphatic rings. The first-order chi connectivity index (χ1) is 4.38. The SMILES string of the molecule is Cn1nnc2occc21.[Pt]. The van der Waals surface area contributed by atoms with Crippen molar-refractivity contribution in [3.63, 3.8) is 0 Å². The quantitative estimate of drug-likeness (QED) is 0.713. The predicted molar refractivity (Wildman–Crippen MR) is 30.8 cm³/mol. The summed E-state index contributed by atoms with van der Waals surface area (Å²) in [7, 11) is 1.82. The van der Waals surface area contributed by atoms with Gasteiger partial charge < -0.3 is 4.42 Å². The third kappa shape index (κ3) is 0.886. The number of aromatic nitrogens is 3. The molecule has 0 saturated carbocycles. The number of aryl methyl sites for hydroxylation is 1. The molecule has 2 rings (SSSR count). The molecule has 0 aliphatic carbocycles. The van der Waals surface area contributed by atoms with Gasteiger partial charge in [0.05, 0.1) is 6.26 Å². The summed E-state index contributed by atoms with van der Waals surface area (Å²) in [6.07, 6.45) is 1.60. The maximum atomic E-state index is 4.94. The Morgan fingerprint density at radius 2 is 2.40 bits per heavy atom. The maximum Gasteiger partial charge on any atom is 0.265 e. The summed E-state index contributed by atoms with van der Waals surface area (Å²) < 4.78 is 6.61. The van der Waals surface area contributed by atoms with Gasteiger partial charge in [0.1, 0.15) is 5.52 Å². The van der Waals surface area contributed by atoms with Gasteiger partial charge in [0.2, 0.25) is 0 Å². The largest absolute Gasteiger partial charge is 0.444 e. The summed E-state index contributed by atoms with van der Waals surface area (Å²) in [6, 6.07) is 1.83. The van der Waals surface area contributed by atoms with Crippen LogP contribution in [-0.4, -0.2) is 15.0 Å². The second-order valence-electron chi connectivity index (χ2n) is 1.82. The Bertz CT molecular complexity index is 326. The summed E-state index contributed by atoms with van der Waals surface area (Å²) in [5.74, 6) is 0. The van der Waals surface area contributed by atoms with Crippen LogP contribution in [0.2, 0.25) is 0 Å². The van der Waals surface area contributed by atoms with Crippen LogP contribution in [0.25, 0.3) is 11.2 Å². The Morgan fingerprint density at radius 1 is 1.60 bits per heavy atom. The molecule has 56 valence electrons. The molecule has 0 N–H and O–H groups in total. The molecule has 5 heteroatoms. The minimum Gasteiger partial charge on any atom is -0.444 e. The number of hydrogen-bond donors (Lipinski definition) is 0. The van der Waals surface area contributed by atoms with Crippen molar-refractivity contribution in [2.45, 2.75) is 0 Å². The van der Waals surface area contributed by atoms with Crippen molar-refractivity contribution in [2.24, 2.45) is 7.05 Å². The molecule has 0 fully saturated rings. The molecule has 0 aromatic carbocycles. The van der Waals surface area contributed by atoms with Gasteiger partial charge in [0.15, 0.2) is 0 Å². The smallest absolute Gasteiger partial charge is 0.265 e. The van der Waals surface area contributed by atoms with Crippen molar-refractivity contribution in [1.82, 2.24) is 15.0 Å². The van der Waals surface area contributed by atoms with E-state index in [0.29, 0.717) is 5.71 Å². The van der Waals surface area contributed by atoms with E-state index in [1.165, 1.54) is 0 Å². The van der Waals surface area contributed by atoms with E-state index in [-0.39, 0.29) is 21.1 Å². The molecule has 4 nitrogen and oxygen atoms in total. The van der Waals surface area contributed by atoms with Gasteiger partial charge in [-0.25, -0.2) is 4.68 Å². The Kier molecular flexibility index (Phi) is 1.90. The number of fused-ring (bicyclic) bond motifs is 1. The molecule has 0 aliphatic heterocycles. The van der Waals surface area contributed by atoms with Gasteiger partial charge in [-0.3, -0.25) is 0 Å². The van der Waals surface area contributed by atoms with E-state index in [0.717, 1.165) is 5.52 Å². The molecule has 2 aromatic heterocycles. The average molecular weight is 318 g/mol. The zero-order valence-electron chi connectivity index (χ0n) is 5.22. The summed E-state index contributed by atoms with van der Waals surface area (Å²) in [4.78, 5) is 0. The van der Waals surface area contributed by atoms with E-state index in [1.807, 2.05) is 13.1 Å². The molecule has 0 unspecified atom stereocenters. The first-order valence-electron chi connectivity index (χ1n) is 2.61. The number of furan rings is 1. The first-order valence-corrected chi connectivity index (χ1v) is 2.61. The Morgan fingerprint density at radius 3 is 3.10 bits per heavy atom. The summed E-state index contributed by atoms with van der Waals surface area (Å²) >= 11 is 0. The fraction of sp³-hybridized carbons (Fsp3) is 0.200. The Hall–Kier alpha value is -0.632. The van der Waals surface area contributed by atoms with Gasteiger partial charge in [-0.2, -0.15) is 0 Å². The van der Waals surface area contributed by atoms with Gasteiger partial charge in [-0.1, -0.05) is 10.3 Å². The molecular weight excluding hydrogens is 313 g/mol. The molecule has 10 heavy (non-hydrogen) atoms. The summed E-state index contributed by atoms with van der Waals surface area (Å²) in [5.41, 5.74) is 1.52. The van der Waals surface area contributed by atoms with E-state index in [1.54, 1.807) is 10.9 Å². The molecule has 0 saturated heterocycles. The third-order valence-electron chi connectivity index (χ3n) is 1.24. The summed E-state index contributed by atoms with van der Waals surface area (Å²) in [6.45, 7) is 0. The van der Waals surface area contributed by atoms with Gasteiger partial charge in [-0.05, 0) is 0 Å². The van der Waals surface area contributed by atoms with Crippen molar-refractivity contribution < 1.29 is 25.5 Å². The number of rotatable bonds is 0. The van der Waals surface area contributed by atoms with Crippen LogP contribution in [-0.2, 0) is 28.1 Å². The first kappa shape index (κ1) is 7.48. The molecule has 0 atom stereocenters. The van der Waals surface area contributed by atoms with Crippen LogP contribution in [0, 0.1) is 0 Å². The molecule has 2 aromatic rings. The van der Waals surface area contributed by atoms with Crippen molar-refractivity contribution in [1.29, 1.82) is 0 Å². The van der Waals surface area contributed by atoms with Gasteiger partial charge in [-0.15, -0.1) is 0 Å². The van der Waals surface area contributed by atoms with Crippen LogP contribution in [0.1, 0.15) is 0 Å². The number of nitrogens with zero attached hydrogens (tertiary/aromatic N) is 3. The van der Waals surface area contributed by atoms with Gasteiger partial charge >= 0.3 is 0 Å². The van der Waals surface area contributed by atoms with E-state index >= 15 is 0 Å². The van der Waals surface area contributed by atoms with E-state index in [9.17, 15) is 0 Å². The van der Waals surface area contributed by atoms with Crippen molar-refractivity contribution in [2.75, 3.05) is 0 Å². The van der Waals surface area contributed by atoms with Gasteiger partial charge in [0.25, 0.3) is 5.71 Å². The van der Waals surface area contributed by atoms with Gasteiger partial charge in [0, 0.05) is 34.2 Å². The monoisotopic (exact) mass is 318 g/mol. The fourth-order valence-electron chi connectivity index (χ4n) is 0.772. The predicted octanol–water partition coefficient (Wildman–Crippen LogP) is 0.559. The zero-order valence-corrected chi connectivity index (χ0v) is 7.49. The van der Waals surface area contributed by atoms with Crippen molar-refractivity contribution in [3.05, 3.63) is 12.3 Å². The van der Waals surface area contributed by atoms with E-state index in [2.05, 4.69) is 10.3 Å². The van der Waals surface area contributed by atoms with Crippen LogP contribution in [0.5, 0.6) is 0 Å². The Balaban J connectivity index is 0.000000500. The standard InChI is InChI=1S/C5H5N3O.Pt/c1-8-4-2-3-9-5(4)6-7-8;/h2-3H,1H3;. The van der Waals surface area contributed by atoms with Crippen LogP contribution in [0.15, 0.2) is 16.7 Å². The molecule has 0 spiro atoms. The molecule has 2 heterocycles. The minimum absolute atomic E-state index is 0.